The molecule has 212 valence electrons. The molecule has 0 saturated heterocycles. The van der Waals surface area contributed by atoms with Gasteiger partial charge in [-0.2, -0.15) is 5.10 Å². The van der Waals surface area contributed by atoms with Crippen LogP contribution in [0.4, 0.5) is 0 Å². The third-order valence-electron chi connectivity index (χ3n) is 6.73. The quantitative estimate of drug-likeness (QED) is 0.214. The summed E-state index contributed by atoms with van der Waals surface area (Å²) in [6.07, 6.45) is 2.80. The van der Waals surface area contributed by atoms with E-state index in [2.05, 4.69) is 44.2 Å². The molecule has 0 fully saturated rings. The molecule has 0 spiro atoms. The number of halogens is 1. The van der Waals surface area contributed by atoms with Crippen molar-refractivity contribution in [2.75, 3.05) is 0 Å². The maximum Gasteiger partial charge on any atom is 0.337 e. The first-order valence-electron chi connectivity index (χ1n) is 13.5. The molecule has 0 saturated carbocycles. The highest BCUT2D eigenvalue weighted by Crippen LogP contribution is 2.44. The third-order valence-corrected chi connectivity index (χ3v) is 8.12. The minimum atomic E-state index is -1.15. The van der Waals surface area contributed by atoms with Crippen LogP contribution in [0.3, 0.4) is 0 Å². The topological polar surface area (TPSA) is 77.2 Å². The van der Waals surface area contributed by atoms with E-state index in [9.17, 15) is 9.90 Å². The van der Waals surface area contributed by atoms with E-state index in [0.29, 0.717) is 10.6 Å². The molecule has 0 unspecified atom stereocenters. The van der Waals surface area contributed by atoms with Gasteiger partial charge in [0.25, 0.3) is 0 Å². The second kappa shape index (κ2) is 10.7. The summed E-state index contributed by atoms with van der Waals surface area (Å²) < 4.78 is 9.00. The van der Waals surface area contributed by atoms with Crippen LogP contribution in [-0.2, 0) is 15.1 Å². The fraction of sp³-hybridized carbons (Fsp3) is 0.303. The highest BCUT2D eigenvalue weighted by Gasteiger charge is 2.32. The number of hydrogen-bond donors (Lipinski definition) is 1. The number of rotatable bonds is 6. The molecule has 0 bridgehead atoms. The number of carboxylic acids is 1. The Kier molecular flexibility index (Phi) is 7.57. The summed E-state index contributed by atoms with van der Waals surface area (Å²) in [5.74, 6) is -1.04. The molecule has 1 N–H and O–H groups in total. The van der Waals surface area contributed by atoms with Gasteiger partial charge in [-0.15, -0.1) is 11.3 Å². The van der Waals surface area contributed by atoms with Crippen LogP contribution in [0.2, 0.25) is 5.02 Å². The van der Waals surface area contributed by atoms with E-state index in [4.69, 9.17) is 21.3 Å². The Morgan fingerprint density at radius 3 is 2.27 bits per heavy atom. The number of aryl methyl sites for hydroxylation is 1. The summed E-state index contributed by atoms with van der Waals surface area (Å²) in [7, 11) is 0. The lowest BCUT2D eigenvalue weighted by Crippen LogP contribution is -2.28. The first-order chi connectivity index (χ1) is 19.2. The van der Waals surface area contributed by atoms with Gasteiger partial charge in [-0.25, -0.2) is 9.78 Å². The van der Waals surface area contributed by atoms with Gasteiger partial charge in [-0.1, -0.05) is 41.9 Å². The predicted molar refractivity (Wildman–Crippen MR) is 168 cm³/mol. The van der Waals surface area contributed by atoms with Crippen LogP contribution in [0, 0.1) is 6.92 Å². The van der Waals surface area contributed by atoms with Gasteiger partial charge in [0.1, 0.15) is 5.01 Å². The predicted octanol–water partition coefficient (Wildman–Crippen LogP) is 9.15. The second-order valence-corrected chi connectivity index (χ2v) is 13.7. The summed E-state index contributed by atoms with van der Waals surface area (Å²) in [5, 5.41) is 16.3. The lowest BCUT2D eigenvalue weighted by Gasteiger charge is -2.28. The Bertz CT molecular complexity index is 1740. The average Bonchev–Trinajstić information content (AvgIpc) is 3.55. The van der Waals surface area contributed by atoms with Crippen molar-refractivity contribution in [3.05, 3.63) is 83.1 Å². The zero-order valence-electron chi connectivity index (χ0n) is 24.3. The largest absolute Gasteiger partial charge is 0.479 e. The molecule has 0 amide bonds. The van der Waals surface area contributed by atoms with Gasteiger partial charge in [0.2, 0.25) is 0 Å². The van der Waals surface area contributed by atoms with Gasteiger partial charge in [-0.05, 0) is 89.4 Å². The summed E-state index contributed by atoms with van der Waals surface area (Å²) >= 11 is 7.78. The normalized spacial score (nSPS) is 13.1. The lowest BCUT2D eigenvalue weighted by atomic mass is 9.91. The fourth-order valence-electron chi connectivity index (χ4n) is 4.83. The molecule has 5 aromatic rings. The molecule has 8 heteroatoms. The first-order valence-corrected chi connectivity index (χ1v) is 14.7. The Morgan fingerprint density at radius 2 is 1.66 bits per heavy atom. The van der Waals surface area contributed by atoms with Crippen LogP contribution in [-0.4, -0.2) is 31.4 Å². The number of thiazole rings is 1. The number of carbonyl (C=O) groups is 1. The summed E-state index contributed by atoms with van der Waals surface area (Å²) in [4.78, 5) is 17.6. The van der Waals surface area contributed by atoms with Gasteiger partial charge in [0.15, 0.2) is 6.10 Å². The molecule has 0 aliphatic heterocycles. The Hall–Kier alpha value is -3.52. The van der Waals surface area contributed by atoms with Crippen molar-refractivity contribution in [2.24, 2.45) is 0 Å². The van der Waals surface area contributed by atoms with Crippen molar-refractivity contribution in [1.29, 1.82) is 0 Å². The molecule has 2 aromatic heterocycles. The van der Waals surface area contributed by atoms with Crippen LogP contribution in [0.15, 0.2) is 67.0 Å². The van der Waals surface area contributed by atoms with Crippen LogP contribution in [0.5, 0.6) is 0 Å². The number of ether oxygens (including phenoxy) is 1. The van der Waals surface area contributed by atoms with Crippen molar-refractivity contribution >= 4 is 39.1 Å². The highest BCUT2D eigenvalue weighted by molar-refractivity contribution is 7.22. The number of nitrogens with zero attached hydrogens (tertiary/aromatic N) is 3. The number of aromatic nitrogens is 3. The molecule has 0 radical (unpaired) electrons. The zero-order valence-corrected chi connectivity index (χ0v) is 25.9. The number of carboxylic acid groups (broad SMARTS) is 1. The van der Waals surface area contributed by atoms with Gasteiger partial charge in [0, 0.05) is 33.5 Å². The molecule has 2 heterocycles. The highest BCUT2D eigenvalue weighted by atomic mass is 35.5. The summed E-state index contributed by atoms with van der Waals surface area (Å²) in [5.41, 5.74) is 6.20. The van der Waals surface area contributed by atoms with Crippen molar-refractivity contribution in [2.45, 2.75) is 65.7 Å². The van der Waals surface area contributed by atoms with Crippen molar-refractivity contribution in [3.8, 4) is 32.8 Å². The summed E-state index contributed by atoms with van der Waals surface area (Å²) in [6.45, 7) is 13.9. The third kappa shape index (κ3) is 6.08. The molecular formula is C33H34ClN3O3S. The Balaban J connectivity index is 1.70. The van der Waals surface area contributed by atoms with E-state index in [1.54, 1.807) is 11.3 Å². The van der Waals surface area contributed by atoms with Gasteiger partial charge >= 0.3 is 5.97 Å². The number of aliphatic carboxylic acids is 1. The van der Waals surface area contributed by atoms with E-state index in [1.807, 2.05) is 81.0 Å². The van der Waals surface area contributed by atoms with E-state index in [-0.39, 0.29) is 5.54 Å². The number of hydrogen-bond acceptors (Lipinski definition) is 5. The van der Waals surface area contributed by atoms with Crippen LogP contribution >= 0.6 is 22.9 Å². The zero-order chi connectivity index (χ0) is 29.7. The Labute approximate surface area is 249 Å². The first kappa shape index (κ1) is 29.0. The molecule has 0 aliphatic rings. The standard InChI is InChI=1S/C33H34ClN3O3S/c1-19-15-25-29(27(20-11-13-24(34)14-12-20)26(19)28(31(38)39)40-33(5,6)7)41-30(36-25)22-10-8-9-21(16-22)23-17-35-37(18-23)32(2,3)4/h8-18,28H,1-7H3,(H,38,39)/t28-/m0/s1. The molecule has 3 aromatic carbocycles. The monoisotopic (exact) mass is 587 g/mol. The maximum atomic E-state index is 12.6. The molecular weight excluding hydrogens is 554 g/mol. The van der Waals surface area contributed by atoms with Crippen molar-refractivity contribution < 1.29 is 14.6 Å². The molecule has 0 aliphatic carbocycles. The smallest absolute Gasteiger partial charge is 0.337 e. The van der Waals surface area contributed by atoms with Crippen LogP contribution in [0.25, 0.3) is 43.0 Å². The average molecular weight is 588 g/mol. The maximum absolute atomic E-state index is 12.6. The minimum absolute atomic E-state index is 0.110. The van der Waals surface area contributed by atoms with Crippen LogP contribution in [0.1, 0.15) is 58.8 Å². The van der Waals surface area contributed by atoms with E-state index >= 15 is 0 Å². The van der Waals surface area contributed by atoms with E-state index in [1.165, 1.54) is 0 Å². The molecule has 41 heavy (non-hydrogen) atoms. The SMILES string of the molecule is Cc1cc2nc(-c3cccc(-c4cnn(C(C)(C)C)c4)c3)sc2c(-c2ccc(Cl)cc2)c1[C@H](OC(C)(C)C)C(=O)O. The van der Waals surface area contributed by atoms with Gasteiger partial charge in [-0.3, -0.25) is 4.68 Å². The van der Waals surface area contributed by atoms with E-state index in [0.717, 1.165) is 48.6 Å². The minimum Gasteiger partial charge on any atom is -0.479 e. The number of fused-ring (bicyclic) bond motifs is 1. The second-order valence-electron chi connectivity index (χ2n) is 12.2. The van der Waals surface area contributed by atoms with E-state index < -0.39 is 17.7 Å². The summed E-state index contributed by atoms with van der Waals surface area (Å²) in [6, 6.07) is 17.7. The molecule has 5 rings (SSSR count). The molecule has 1 atom stereocenters. The number of benzene rings is 3. The Morgan fingerprint density at radius 1 is 0.976 bits per heavy atom. The lowest BCUT2D eigenvalue weighted by molar-refractivity contribution is -0.160. The van der Waals surface area contributed by atoms with Gasteiger partial charge in [0.05, 0.1) is 27.6 Å². The molecule has 6 nitrogen and oxygen atoms in total. The van der Waals surface area contributed by atoms with Crippen LogP contribution < -0.4 is 0 Å². The van der Waals surface area contributed by atoms with Gasteiger partial charge < -0.3 is 9.84 Å². The van der Waals surface area contributed by atoms with Crippen molar-refractivity contribution in [1.82, 2.24) is 14.8 Å². The fourth-order valence-corrected chi connectivity index (χ4v) is 6.08. The van der Waals surface area contributed by atoms with Crippen molar-refractivity contribution in [3.63, 3.8) is 0 Å².